The van der Waals surface area contributed by atoms with Gasteiger partial charge >= 0.3 is 0 Å². The van der Waals surface area contributed by atoms with Crippen molar-refractivity contribution in [1.29, 1.82) is 0 Å². The highest BCUT2D eigenvalue weighted by Gasteiger charge is 2.26. The minimum Gasteiger partial charge on any atom is -0.339 e. The van der Waals surface area contributed by atoms with Crippen LogP contribution in [0.3, 0.4) is 0 Å². The molecular weight excluding hydrogens is 216 g/mol. The number of nitrogens with zero attached hydrogens (tertiary/aromatic N) is 3. The van der Waals surface area contributed by atoms with Gasteiger partial charge in [0.05, 0.1) is 0 Å². The molecule has 3 rings (SSSR count). The third-order valence-electron chi connectivity index (χ3n) is 3.99. The first-order valence-corrected chi connectivity index (χ1v) is 6.56. The van der Waals surface area contributed by atoms with Gasteiger partial charge in [0.15, 0.2) is 5.82 Å². The molecule has 0 spiro atoms. The van der Waals surface area contributed by atoms with Crippen molar-refractivity contribution in [3.63, 3.8) is 0 Å². The van der Waals surface area contributed by atoms with Crippen molar-refractivity contribution >= 4 is 0 Å². The van der Waals surface area contributed by atoms with E-state index in [9.17, 15) is 0 Å². The van der Waals surface area contributed by atoms with E-state index in [1.54, 1.807) is 0 Å². The van der Waals surface area contributed by atoms with E-state index in [-0.39, 0.29) is 0 Å². The summed E-state index contributed by atoms with van der Waals surface area (Å²) >= 11 is 0. The van der Waals surface area contributed by atoms with Gasteiger partial charge in [0.2, 0.25) is 5.89 Å². The Morgan fingerprint density at radius 3 is 3.12 bits per heavy atom. The summed E-state index contributed by atoms with van der Waals surface area (Å²) in [5.74, 6) is 2.16. The second kappa shape index (κ2) is 4.74. The molecule has 0 radical (unpaired) electrons. The van der Waals surface area contributed by atoms with Crippen molar-refractivity contribution in [2.75, 3.05) is 26.7 Å². The molecular formula is C12H20N4O. The van der Waals surface area contributed by atoms with E-state index in [4.69, 9.17) is 4.52 Å². The number of likely N-dealkylation sites (N-methyl/N-ethyl adjacent to an activating group) is 1. The standard InChI is InChI=1S/C12H20N4O/c1-16-6-2-3-10(16)7-11-14-12(15-17-11)9-4-5-13-8-9/h9-10,13H,2-8H2,1H3. The molecule has 2 aliphatic heterocycles. The van der Waals surface area contributed by atoms with Gasteiger partial charge in [0.25, 0.3) is 0 Å². The first-order valence-electron chi connectivity index (χ1n) is 6.56. The molecule has 2 saturated heterocycles. The van der Waals surface area contributed by atoms with Crippen LogP contribution in [0.4, 0.5) is 0 Å². The van der Waals surface area contributed by atoms with E-state index in [1.807, 2.05) is 0 Å². The van der Waals surface area contributed by atoms with Crippen LogP contribution in [0.15, 0.2) is 4.52 Å². The summed E-state index contributed by atoms with van der Waals surface area (Å²) < 4.78 is 5.37. The van der Waals surface area contributed by atoms with Gasteiger partial charge < -0.3 is 14.7 Å². The van der Waals surface area contributed by atoms with Gasteiger partial charge in [-0.1, -0.05) is 5.16 Å². The Hall–Kier alpha value is -0.940. The maximum atomic E-state index is 5.37. The average molecular weight is 236 g/mol. The molecule has 1 aromatic heterocycles. The first-order chi connectivity index (χ1) is 8.33. The third-order valence-corrected chi connectivity index (χ3v) is 3.99. The van der Waals surface area contributed by atoms with Gasteiger partial charge in [-0.3, -0.25) is 0 Å². The molecule has 1 aromatic rings. The van der Waals surface area contributed by atoms with Crippen molar-refractivity contribution in [1.82, 2.24) is 20.4 Å². The van der Waals surface area contributed by atoms with Crippen LogP contribution >= 0.6 is 0 Å². The smallest absolute Gasteiger partial charge is 0.228 e. The SMILES string of the molecule is CN1CCCC1Cc1nc(C2CCNC2)no1. The van der Waals surface area contributed by atoms with E-state index in [1.165, 1.54) is 19.4 Å². The average Bonchev–Trinajstić information content (AvgIpc) is 3.02. The van der Waals surface area contributed by atoms with Crippen LogP contribution < -0.4 is 5.32 Å². The second-order valence-corrected chi connectivity index (χ2v) is 5.22. The zero-order valence-corrected chi connectivity index (χ0v) is 10.4. The highest BCUT2D eigenvalue weighted by molar-refractivity contribution is 5.00. The zero-order valence-electron chi connectivity index (χ0n) is 10.4. The van der Waals surface area contributed by atoms with Crippen molar-refractivity contribution in [2.45, 2.75) is 37.6 Å². The molecule has 0 aromatic carbocycles. The Morgan fingerprint density at radius 1 is 1.47 bits per heavy atom. The maximum Gasteiger partial charge on any atom is 0.228 e. The molecule has 3 heterocycles. The van der Waals surface area contributed by atoms with E-state index >= 15 is 0 Å². The van der Waals surface area contributed by atoms with Gasteiger partial charge in [-0.05, 0) is 39.4 Å². The highest BCUT2D eigenvalue weighted by Crippen LogP contribution is 2.22. The Bertz CT molecular complexity index is 372. The molecule has 17 heavy (non-hydrogen) atoms. The Morgan fingerprint density at radius 2 is 2.41 bits per heavy atom. The fourth-order valence-corrected chi connectivity index (χ4v) is 2.83. The number of nitrogens with one attached hydrogen (secondary N) is 1. The number of hydrogen-bond donors (Lipinski definition) is 1. The van der Waals surface area contributed by atoms with Crippen LogP contribution in [-0.4, -0.2) is 47.8 Å². The quantitative estimate of drug-likeness (QED) is 0.840. The molecule has 1 N–H and O–H groups in total. The molecule has 5 heteroatoms. The Labute approximate surface area is 102 Å². The highest BCUT2D eigenvalue weighted by atomic mass is 16.5. The largest absolute Gasteiger partial charge is 0.339 e. The van der Waals surface area contributed by atoms with E-state index < -0.39 is 0 Å². The summed E-state index contributed by atoms with van der Waals surface area (Å²) in [7, 11) is 2.18. The predicted molar refractivity (Wildman–Crippen MR) is 63.9 cm³/mol. The van der Waals surface area contributed by atoms with Gasteiger partial charge in [-0.25, -0.2) is 0 Å². The van der Waals surface area contributed by atoms with Crippen LogP contribution in [0.25, 0.3) is 0 Å². The second-order valence-electron chi connectivity index (χ2n) is 5.22. The lowest BCUT2D eigenvalue weighted by Crippen LogP contribution is -2.26. The van der Waals surface area contributed by atoms with Crippen LogP contribution in [0.1, 0.15) is 36.9 Å². The molecule has 0 saturated carbocycles. The molecule has 2 fully saturated rings. The summed E-state index contributed by atoms with van der Waals surface area (Å²) in [6.45, 7) is 3.25. The lowest BCUT2D eigenvalue weighted by atomic mass is 10.1. The summed E-state index contributed by atoms with van der Waals surface area (Å²) in [6.07, 6.45) is 4.57. The van der Waals surface area contributed by atoms with E-state index in [0.717, 1.165) is 37.6 Å². The van der Waals surface area contributed by atoms with Crippen LogP contribution in [0.5, 0.6) is 0 Å². The fourth-order valence-electron chi connectivity index (χ4n) is 2.83. The monoisotopic (exact) mass is 236 g/mol. The molecule has 94 valence electrons. The van der Waals surface area contributed by atoms with Crippen molar-refractivity contribution in [3.05, 3.63) is 11.7 Å². The maximum absolute atomic E-state index is 5.37. The molecule has 0 amide bonds. The molecule has 5 nitrogen and oxygen atoms in total. The summed E-state index contributed by atoms with van der Waals surface area (Å²) in [6, 6.07) is 0.588. The number of hydrogen-bond acceptors (Lipinski definition) is 5. The Balaban J connectivity index is 1.63. The van der Waals surface area contributed by atoms with E-state index in [2.05, 4.69) is 27.4 Å². The summed E-state index contributed by atoms with van der Waals surface area (Å²) in [5, 5.41) is 7.45. The minimum absolute atomic E-state index is 0.453. The minimum atomic E-state index is 0.453. The van der Waals surface area contributed by atoms with Gasteiger partial charge in [0, 0.05) is 24.9 Å². The lowest BCUT2D eigenvalue weighted by Gasteiger charge is -2.16. The van der Waals surface area contributed by atoms with Crippen LogP contribution in [0, 0.1) is 0 Å². The van der Waals surface area contributed by atoms with Crippen molar-refractivity contribution < 1.29 is 4.52 Å². The van der Waals surface area contributed by atoms with Gasteiger partial charge in [0.1, 0.15) is 0 Å². The molecule has 0 aliphatic carbocycles. The van der Waals surface area contributed by atoms with Crippen LogP contribution in [-0.2, 0) is 6.42 Å². The first kappa shape index (κ1) is 11.2. The Kier molecular flexibility index (Phi) is 3.11. The lowest BCUT2D eigenvalue weighted by molar-refractivity contribution is 0.278. The molecule has 2 aliphatic rings. The van der Waals surface area contributed by atoms with Crippen molar-refractivity contribution in [3.8, 4) is 0 Å². The normalized spacial score (nSPS) is 30.2. The molecule has 0 bridgehead atoms. The van der Waals surface area contributed by atoms with Gasteiger partial charge in [-0.2, -0.15) is 4.98 Å². The van der Waals surface area contributed by atoms with Crippen molar-refractivity contribution in [2.24, 2.45) is 0 Å². The topological polar surface area (TPSA) is 54.2 Å². The fraction of sp³-hybridized carbons (Fsp3) is 0.833. The summed E-state index contributed by atoms with van der Waals surface area (Å²) in [5.41, 5.74) is 0. The molecule has 2 atom stereocenters. The summed E-state index contributed by atoms with van der Waals surface area (Å²) in [4.78, 5) is 6.94. The molecule has 2 unspecified atom stereocenters. The van der Waals surface area contributed by atoms with Gasteiger partial charge in [-0.15, -0.1) is 0 Å². The number of rotatable bonds is 3. The number of aromatic nitrogens is 2. The van der Waals surface area contributed by atoms with E-state index in [0.29, 0.717) is 12.0 Å². The predicted octanol–water partition coefficient (Wildman–Crippen LogP) is 0.783. The number of likely N-dealkylation sites (tertiary alicyclic amines) is 1. The third kappa shape index (κ3) is 2.35. The van der Waals surface area contributed by atoms with Crippen LogP contribution in [0.2, 0.25) is 0 Å². The zero-order chi connectivity index (χ0) is 11.7.